The van der Waals surface area contributed by atoms with Crippen LogP contribution in [-0.2, 0) is 4.79 Å². The quantitative estimate of drug-likeness (QED) is 0.808. The summed E-state index contributed by atoms with van der Waals surface area (Å²) in [5.41, 5.74) is 1.58. The van der Waals surface area contributed by atoms with E-state index in [1.807, 2.05) is 24.3 Å². The number of hydrogen-bond acceptors (Lipinski definition) is 4. The molecule has 0 aromatic heterocycles. The van der Waals surface area contributed by atoms with Crippen molar-refractivity contribution in [2.75, 3.05) is 31.4 Å². The number of nitrogens with one attached hydrogen (secondary N) is 2. The first-order valence-electron chi connectivity index (χ1n) is 7.13. The summed E-state index contributed by atoms with van der Waals surface area (Å²) in [4.78, 5) is 11.9. The second-order valence-electron chi connectivity index (χ2n) is 4.80. The Morgan fingerprint density at radius 2 is 1.74 bits per heavy atom. The van der Waals surface area contributed by atoms with Crippen LogP contribution >= 0.6 is 11.6 Å². The van der Waals surface area contributed by atoms with Crippen molar-refractivity contribution in [1.29, 1.82) is 0 Å². The third-order valence-corrected chi connectivity index (χ3v) is 3.50. The lowest BCUT2D eigenvalue weighted by Gasteiger charge is -2.09. The van der Waals surface area contributed by atoms with E-state index in [2.05, 4.69) is 10.6 Å². The van der Waals surface area contributed by atoms with Crippen molar-refractivity contribution in [3.8, 4) is 11.5 Å². The molecular formula is C17H19ClN2O3. The summed E-state index contributed by atoms with van der Waals surface area (Å²) < 4.78 is 10.2. The van der Waals surface area contributed by atoms with Gasteiger partial charge in [-0.05, 0) is 42.5 Å². The molecule has 0 heterocycles. The molecule has 23 heavy (non-hydrogen) atoms. The summed E-state index contributed by atoms with van der Waals surface area (Å²) in [6.07, 6.45) is 0.343. The van der Waals surface area contributed by atoms with Gasteiger partial charge >= 0.3 is 0 Å². The second kappa shape index (κ2) is 8.29. The van der Waals surface area contributed by atoms with E-state index in [0.717, 1.165) is 11.4 Å². The second-order valence-corrected chi connectivity index (χ2v) is 5.21. The molecular weight excluding hydrogens is 316 g/mol. The van der Waals surface area contributed by atoms with Crippen LogP contribution in [0.2, 0.25) is 5.02 Å². The summed E-state index contributed by atoms with van der Waals surface area (Å²) in [5, 5.41) is 6.44. The van der Waals surface area contributed by atoms with Crippen LogP contribution < -0.4 is 20.1 Å². The first-order chi connectivity index (χ1) is 11.1. The molecule has 6 heteroatoms. The van der Waals surface area contributed by atoms with Crippen molar-refractivity contribution in [1.82, 2.24) is 0 Å². The molecule has 0 aliphatic rings. The summed E-state index contributed by atoms with van der Waals surface area (Å²) in [7, 11) is 3.17. The van der Waals surface area contributed by atoms with Gasteiger partial charge in [-0.3, -0.25) is 4.79 Å². The average molecular weight is 335 g/mol. The fraction of sp³-hybridized carbons (Fsp3) is 0.235. The van der Waals surface area contributed by atoms with E-state index in [0.29, 0.717) is 29.4 Å². The molecule has 0 fully saturated rings. The zero-order chi connectivity index (χ0) is 16.7. The van der Waals surface area contributed by atoms with Crippen molar-refractivity contribution in [3.63, 3.8) is 0 Å². The highest BCUT2D eigenvalue weighted by atomic mass is 35.5. The molecule has 2 aromatic rings. The number of carbonyl (C=O) groups is 1. The monoisotopic (exact) mass is 334 g/mol. The van der Waals surface area contributed by atoms with Gasteiger partial charge in [0.2, 0.25) is 5.91 Å². The van der Waals surface area contributed by atoms with Crippen LogP contribution in [0.1, 0.15) is 6.42 Å². The normalized spacial score (nSPS) is 10.0. The Labute approximate surface area is 140 Å². The third kappa shape index (κ3) is 5.07. The van der Waals surface area contributed by atoms with Gasteiger partial charge in [0.25, 0.3) is 0 Å². The molecule has 0 unspecified atom stereocenters. The number of benzene rings is 2. The Kier molecular flexibility index (Phi) is 6.11. The van der Waals surface area contributed by atoms with Crippen molar-refractivity contribution in [2.45, 2.75) is 6.42 Å². The number of hydrogen-bond donors (Lipinski definition) is 2. The molecule has 0 radical (unpaired) electrons. The molecule has 1 amide bonds. The predicted molar refractivity (Wildman–Crippen MR) is 92.7 cm³/mol. The lowest BCUT2D eigenvalue weighted by Crippen LogP contribution is -2.16. The van der Waals surface area contributed by atoms with Crippen LogP contribution in [0.25, 0.3) is 0 Å². The Morgan fingerprint density at radius 1 is 1.04 bits per heavy atom. The average Bonchev–Trinajstić information content (AvgIpc) is 2.55. The van der Waals surface area contributed by atoms with Crippen molar-refractivity contribution in [3.05, 3.63) is 47.5 Å². The van der Waals surface area contributed by atoms with Gasteiger partial charge in [0, 0.05) is 24.3 Å². The van der Waals surface area contributed by atoms with Gasteiger partial charge in [0.1, 0.15) is 11.5 Å². The molecule has 2 aromatic carbocycles. The maximum Gasteiger partial charge on any atom is 0.226 e. The van der Waals surface area contributed by atoms with Gasteiger partial charge in [0.15, 0.2) is 0 Å². The van der Waals surface area contributed by atoms with Crippen LogP contribution in [0.5, 0.6) is 11.5 Å². The van der Waals surface area contributed by atoms with Crippen molar-refractivity contribution in [2.24, 2.45) is 0 Å². The van der Waals surface area contributed by atoms with Crippen LogP contribution in [0.3, 0.4) is 0 Å². The molecule has 0 atom stereocenters. The number of amides is 1. The zero-order valence-electron chi connectivity index (χ0n) is 13.1. The highest BCUT2D eigenvalue weighted by Crippen LogP contribution is 2.27. The smallest absolute Gasteiger partial charge is 0.226 e. The molecule has 0 spiro atoms. The minimum Gasteiger partial charge on any atom is -0.497 e. The van der Waals surface area contributed by atoms with E-state index in [1.165, 1.54) is 0 Å². The Balaban J connectivity index is 1.79. The summed E-state index contributed by atoms with van der Waals surface area (Å²) in [6.45, 7) is 0.530. The fourth-order valence-electron chi connectivity index (χ4n) is 2.00. The highest BCUT2D eigenvalue weighted by molar-refractivity contribution is 6.32. The number of carbonyl (C=O) groups excluding carboxylic acids is 1. The number of halogens is 1. The predicted octanol–water partition coefficient (Wildman–Crippen LogP) is 3.80. The number of rotatable bonds is 7. The molecule has 2 rings (SSSR count). The molecule has 0 bridgehead atoms. The molecule has 0 aliphatic carbocycles. The van der Waals surface area contributed by atoms with E-state index in [-0.39, 0.29) is 5.91 Å². The van der Waals surface area contributed by atoms with Crippen molar-refractivity contribution < 1.29 is 14.3 Å². The van der Waals surface area contributed by atoms with Crippen molar-refractivity contribution >= 4 is 28.9 Å². The molecule has 0 saturated carbocycles. The van der Waals surface area contributed by atoms with Gasteiger partial charge < -0.3 is 20.1 Å². The Morgan fingerprint density at radius 3 is 2.35 bits per heavy atom. The molecule has 5 nitrogen and oxygen atoms in total. The SMILES string of the molecule is COc1ccc(NCCC(=O)Nc2ccc(OC)c(Cl)c2)cc1. The van der Waals surface area contributed by atoms with Gasteiger partial charge in [0.05, 0.1) is 19.2 Å². The zero-order valence-corrected chi connectivity index (χ0v) is 13.8. The van der Waals surface area contributed by atoms with Gasteiger partial charge in [-0.15, -0.1) is 0 Å². The van der Waals surface area contributed by atoms with Crippen LogP contribution in [0.15, 0.2) is 42.5 Å². The van der Waals surface area contributed by atoms with Crippen LogP contribution in [-0.4, -0.2) is 26.7 Å². The lowest BCUT2D eigenvalue weighted by molar-refractivity contribution is -0.115. The maximum atomic E-state index is 11.9. The van der Waals surface area contributed by atoms with E-state index in [1.54, 1.807) is 32.4 Å². The standard InChI is InChI=1S/C17H19ClN2O3/c1-22-14-6-3-12(4-7-14)19-10-9-17(21)20-13-5-8-16(23-2)15(18)11-13/h3-8,11,19H,9-10H2,1-2H3,(H,20,21). The van der Waals surface area contributed by atoms with E-state index in [9.17, 15) is 4.79 Å². The first-order valence-corrected chi connectivity index (χ1v) is 7.51. The molecule has 2 N–H and O–H groups in total. The minimum absolute atomic E-state index is 0.0905. The fourth-order valence-corrected chi connectivity index (χ4v) is 2.25. The molecule has 122 valence electrons. The lowest BCUT2D eigenvalue weighted by atomic mass is 10.2. The van der Waals surface area contributed by atoms with Crippen LogP contribution in [0.4, 0.5) is 11.4 Å². The number of anilines is 2. The largest absolute Gasteiger partial charge is 0.497 e. The third-order valence-electron chi connectivity index (χ3n) is 3.21. The van der Waals surface area contributed by atoms with E-state index >= 15 is 0 Å². The van der Waals surface area contributed by atoms with E-state index in [4.69, 9.17) is 21.1 Å². The van der Waals surface area contributed by atoms with Gasteiger partial charge in [-0.1, -0.05) is 11.6 Å². The Bertz CT molecular complexity index is 659. The summed E-state index contributed by atoms with van der Waals surface area (Å²) in [5.74, 6) is 1.28. The molecule has 0 saturated heterocycles. The number of methoxy groups -OCH3 is 2. The topological polar surface area (TPSA) is 59.6 Å². The highest BCUT2D eigenvalue weighted by Gasteiger charge is 2.05. The van der Waals surface area contributed by atoms with Crippen LogP contribution in [0, 0.1) is 0 Å². The number of ether oxygens (including phenoxy) is 2. The summed E-state index contributed by atoms with van der Waals surface area (Å²) in [6, 6.07) is 12.7. The summed E-state index contributed by atoms with van der Waals surface area (Å²) >= 11 is 6.02. The van der Waals surface area contributed by atoms with Gasteiger partial charge in [-0.2, -0.15) is 0 Å². The maximum absolute atomic E-state index is 11.9. The Hall–Kier alpha value is -2.40. The minimum atomic E-state index is -0.0905. The molecule has 0 aliphatic heterocycles. The van der Waals surface area contributed by atoms with E-state index < -0.39 is 0 Å². The first kappa shape index (κ1) is 17.0. The van der Waals surface area contributed by atoms with Gasteiger partial charge in [-0.25, -0.2) is 0 Å².